The maximum Gasteiger partial charge on any atom is 0.294 e. The minimum atomic E-state index is 0.287. The van der Waals surface area contributed by atoms with Gasteiger partial charge in [0, 0.05) is 5.92 Å². The van der Waals surface area contributed by atoms with Crippen molar-refractivity contribution < 1.29 is 4.57 Å². The van der Waals surface area contributed by atoms with Crippen LogP contribution in [0.15, 0.2) is 79.6 Å². The Morgan fingerprint density at radius 1 is 1.05 bits per heavy atom. The average molecular weight is 287 g/mol. The van der Waals surface area contributed by atoms with Crippen LogP contribution >= 0.6 is 0 Å². The van der Waals surface area contributed by atoms with Gasteiger partial charge in [-0.15, -0.1) is 0 Å². The topological polar surface area (TPSA) is 8.81 Å². The van der Waals surface area contributed by atoms with Crippen LogP contribution in [0.5, 0.6) is 0 Å². The molecular formula is C20H19N2+. The molecule has 0 saturated carbocycles. The summed E-state index contributed by atoms with van der Waals surface area (Å²) in [5.74, 6) is 1.66. The second-order valence-corrected chi connectivity index (χ2v) is 5.84. The molecule has 3 aromatic rings. The lowest BCUT2D eigenvalue weighted by Crippen LogP contribution is -2.44. The summed E-state index contributed by atoms with van der Waals surface area (Å²) in [6.45, 7) is 6.34. The Kier molecular flexibility index (Phi) is 2.97. The summed E-state index contributed by atoms with van der Waals surface area (Å²) < 4.78 is 4.61. The quantitative estimate of drug-likeness (QED) is 0.491. The smallest absolute Gasteiger partial charge is 0.223 e. The van der Waals surface area contributed by atoms with E-state index in [0.717, 1.165) is 0 Å². The highest BCUT2D eigenvalue weighted by Gasteiger charge is 2.36. The lowest BCUT2D eigenvalue weighted by Gasteiger charge is -2.26. The van der Waals surface area contributed by atoms with Gasteiger partial charge in [-0.05, 0) is 29.8 Å². The van der Waals surface area contributed by atoms with E-state index in [4.69, 9.17) is 0 Å². The summed E-state index contributed by atoms with van der Waals surface area (Å²) in [6, 6.07) is 19.5. The van der Waals surface area contributed by atoms with Crippen molar-refractivity contribution in [2.45, 2.75) is 18.9 Å². The predicted molar refractivity (Wildman–Crippen MR) is 89.0 cm³/mol. The number of aromatic nitrogens is 2. The largest absolute Gasteiger partial charge is 0.294 e. The van der Waals surface area contributed by atoms with Crippen molar-refractivity contribution in [1.82, 2.24) is 4.57 Å². The van der Waals surface area contributed by atoms with Gasteiger partial charge in [0.25, 0.3) is 5.82 Å². The zero-order chi connectivity index (χ0) is 15.1. The molecule has 0 fully saturated rings. The van der Waals surface area contributed by atoms with Crippen molar-refractivity contribution in [3.8, 4) is 17.1 Å². The minimum absolute atomic E-state index is 0.287. The van der Waals surface area contributed by atoms with Crippen LogP contribution in [-0.4, -0.2) is 4.57 Å². The van der Waals surface area contributed by atoms with E-state index in [1.807, 2.05) is 0 Å². The van der Waals surface area contributed by atoms with E-state index in [9.17, 15) is 0 Å². The fourth-order valence-corrected chi connectivity index (χ4v) is 3.55. The molecule has 4 rings (SSSR count). The van der Waals surface area contributed by atoms with E-state index in [1.165, 1.54) is 22.6 Å². The van der Waals surface area contributed by atoms with Crippen LogP contribution < -0.4 is 4.57 Å². The molecule has 2 unspecified atom stereocenters. The van der Waals surface area contributed by atoms with Gasteiger partial charge in [-0.1, -0.05) is 49.9 Å². The van der Waals surface area contributed by atoms with Crippen LogP contribution in [0, 0.1) is 0 Å². The van der Waals surface area contributed by atoms with Gasteiger partial charge in [-0.2, -0.15) is 4.57 Å². The van der Waals surface area contributed by atoms with Gasteiger partial charge in [0.2, 0.25) is 0 Å². The average Bonchev–Trinajstić information content (AvgIpc) is 3.01. The molecule has 0 amide bonds. The second kappa shape index (κ2) is 4.99. The SMILES string of the molecule is C=CC1C(C)c2ccccc2-c2n(-c3ccccc3)cc[n+]21. The standard InChI is InChI=1S/C20H19N2/c1-3-19-15(2)17-11-7-8-12-18(17)20-21(13-14-22(19)20)16-9-5-4-6-10-16/h3-15,19H,1H2,2H3/q+1. The fourth-order valence-electron chi connectivity index (χ4n) is 3.55. The van der Waals surface area contributed by atoms with Crippen molar-refractivity contribution in [2.75, 3.05) is 0 Å². The van der Waals surface area contributed by atoms with E-state index in [1.54, 1.807) is 0 Å². The Bertz CT molecular complexity index is 830. The van der Waals surface area contributed by atoms with E-state index in [2.05, 4.69) is 95.7 Å². The number of rotatable bonds is 2. The van der Waals surface area contributed by atoms with E-state index >= 15 is 0 Å². The van der Waals surface area contributed by atoms with Gasteiger partial charge in [0.05, 0.1) is 5.56 Å². The third-order valence-corrected chi connectivity index (χ3v) is 4.65. The van der Waals surface area contributed by atoms with Crippen molar-refractivity contribution in [2.24, 2.45) is 0 Å². The van der Waals surface area contributed by atoms with Crippen molar-refractivity contribution in [3.63, 3.8) is 0 Å². The first-order chi connectivity index (χ1) is 10.8. The highest BCUT2D eigenvalue weighted by molar-refractivity contribution is 5.63. The highest BCUT2D eigenvalue weighted by atomic mass is 15.2. The molecule has 0 aliphatic carbocycles. The Labute approximate surface area is 131 Å². The van der Waals surface area contributed by atoms with Gasteiger partial charge < -0.3 is 0 Å². The molecule has 0 saturated heterocycles. The normalized spacial score (nSPS) is 19.3. The van der Waals surface area contributed by atoms with Crippen LogP contribution in [0.2, 0.25) is 0 Å². The van der Waals surface area contributed by atoms with Crippen molar-refractivity contribution in [1.29, 1.82) is 0 Å². The Morgan fingerprint density at radius 2 is 1.77 bits per heavy atom. The third kappa shape index (κ3) is 1.77. The number of nitrogens with zero attached hydrogens (tertiary/aromatic N) is 2. The molecule has 2 heterocycles. The maximum atomic E-state index is 4.06. The summed E-state index contributed by atoms with van der Waals surface area (Å²) in [5.41, 5.74) is 3.88. The molecule has 0 spiro atoms. The number of hydrogen-bond donors (Lipinski definition) is 0. The van der Waals surface area contributed by atoms with E-state index in [-0.39, 0.29) is 6.04 Å². The van der Waals surface area contributed by atoms with Crippen LogP contribution in [0.4, 0.5) is 0 Å². The molecule has 0 radical (unpaired) electrons. The molecule has 1 aliphatic heterocycles. The summed E-state index contributed by atoms with van der Waals surface area (Å²) >= 11 is 0. The molecule has 2 heteroatoms. The molecule has 2 aromatic carbocycles. The van der Waals surface area contributed by atoms with E-state index < -0.39 is 0 Å². The predicted octanol–water partition coefficient (Wildman–Crippen LogP) is 4.28. The third-order valence-electron chi connectivity index (χ3n) is 4.65. The molecule has 0 N–H and O–H groups in total. The number of hydrogen-bond acceptors (Lipinski definition) is 0. The lowest BCUT2D eigenvalue weighted by atomic mass is 9.86. The first-order valence-corrected chi connectivity index (χ1v) is 7.71. The summed E-state index contributed by atoms with van der Waals surface area (Å²) in [6.07, 6.45) is 6.37. The van der Waals surface area contributed by atoms with Gasteiger partial charge >= 0.3 is 0 Å². The maximum absolute atomic E-state index is 4.06. The molecule has 1 aromatic heterocycles. The molecule has 108 valence electrons. The zero-order valence-electron chi connectivity index (χ0n) is 12.7. The summed E-state index contributed by atoms with van der Waals surface area (Å²) in [5, 5.41) is 0. The number of fused-ring (bicyclic) bond motifs is 3. The Hall–Kier alpha value is -2.61. The first-order valence-electron chi connectivity index (χ1n) is 7.71. The highest BCUT2D eigenvalue weighted by Crippen LogP contribution is 2.38. The van der Waals surface area contributed by atoms with Crippen LogP contribution in [0.3, 0.4) is 0 Å². The molecule has 2 atom stereocenters. The number of imidazole rings is 1. The van der Waals surface area contributed by atoms with Gasteiger partial charge in [-0.3, -0.25) is 0 Å². The second-order valence-electron chi connectivity index (χ2n) is 5.84. The van der Waals surface area contributed by atoms with Crippen LogP contribution in [0.1, 0.15) is 24.4 Å². The van der Waals surface area contributed by atoms with E-state index in [0.29, 0.717) is 5.92 Å². The molecule has 1 aliphatic rings. The fraction of sp³-hybridized carbons (Fsp3) is 0.150. The number of allylic oxidation sites excluding steroid dienone is 1. The Balaban J connectivity index is 2.02. The molecule has 0 bridgehead atoms. The minimum Gasteiger partial charge on any atom is -0.223 e. The summed E-state index contributed by atoms with van der Waals surface area (Å²) in [7, 11) is 0. The molecule has 22 heavy (non-hydrogen) atoms. The monoisotopic (exact) mass is 287 g/mol. The molecule has 2 nitrogen and oxygen atoms in total. The van der Waals surface area contributed by atoms with Crippen molar-refractivity contribution >= 4 is 0 Å². The zero-order valence-corrected chi connectivity index (χ0v) is 12.7. The number of benzene rings is 2. The van der Waals surface area contributed by atoms with Crippen molar-refractivity contribution in [3.05, 3.63) is 85.2 Å². The van der Waals surface area contributed by atoms with Gasteiger partial charge in [0.15, 0.2) is 0 Å². The summed E-state index contributed by atoms with van der Waals surface area (Å²) in [4.78, 5) is 0. The van der Waals surface area contributed by atoms with Gasteiger partial charge in [0.1, 0.15) is 24.1 Å². The molecular weight excluding hydrogens is 268 g/mol. The van der Waals surface area contributed by atoms with Gasteiger partial charge in [-0.25, -0.2) is 4.57 Å². The van der Waals surface area contributed by atoms with Crippen LogP contribution in [0.25, 0.3) is 17.1 Å². The Morgan fingerprint density at radius 3 is 2.55 bits per heavy atom. The van der Waals surface area contributed by atoms with Crippen LogP contribution in [-0.2, 0) is 0 Å². The first kappa shape index (κ1) is 13.1. The number of para-hydroxylation sites is 1. The lowest BCUT2D eigenvalue weighted by molar-refractivity contribution is -0.705.